The normalized spacial score (nSPS) is 10.8. The highest BCUT2D eigenvalue weighted by Gasteiger charge is 2.17. The standard InChI is InChI=1S/C14H7ClF2N2OS/c15-7-3-1-4-8(16)11(7)13(20)19-14-18-12-9(17)5-2-6-10(12)21-14/h1-6H,(H,18,19,20). The number of aromatic nitrogens is 1. The van der Waals surface area contributed by atoms with Crippen LogP contribution in [0.4, 0.5) is 13.9 Å². The molecule has 1 heterocycles. The van der Waals surface area contributed by atoms with Crippen LogP contribution in [0.25, 0.3) is 10.2 Å². The van der Waals surface area contributed by atoms with Crippen molar-refractivity contribution in [3.05, 3.63) is 58.6 Å². The average molecular weight is 325 g/mol. The van der Waals surface area contributed by atoms with E-state index in [9.17, 15) is 13.6 Å². The quantitative estimate of drug-likeness (QED) is 0.755. The number of amides is 1. The van der Waals surface area contributed by atoms with Gasteiger partial charge in [-0.3, -0.25) is 10.1 Å². The van der Waals surface area contributed by atoms with Gasteiger partial charge < -0.3 is 0 Å². The Bertz CT molecular complexity index is 830. The number of nitrogens with one attached hydrogen (secondary N) is 1. The van der Waals surface area contributed by atoms with Gasteiger partial charge in [-0.05, 0) is 24.3 Å². The van der Waals surface area contributed by atoms with E-state index < -0.39 is 17.5 Å². The Labute approximate surface area is 127 Å². The van der Waals surface area contributed by atoms with Crippen LogP contribution in [0.5, 0.6) is 0 Å². The van der Waals surface area contributed by atoms with Gasteiger partial charge in [0.25, 0.3) is 5.91 Å². The van der Waals surface area contributed by atoms with Crippen molar-refractivity contribution in [2.24, 2.45) is 0 Å². The fourth-order valence-corrected chi connectivity index (χ4v) is 2.97. The van der Waals surface area contributed by atoms with Crippen LogP contribution in [0.1, 0.15) is 10.4 Å². The summed E-state index contributed by atoms with van der Waals surface area (Å²) in [5.74, 6) is -1.93. The first kappa shape index (κ1) is 13.9. The van der Waals surface area contributed by atoms with Gasteiger partial charge in [0.1, 0.15) is 17.2 Å². The zero-order valence-corrected chi connectivity index (χ0v) is 11.9. The number of nitrogens with zero attached hydrogens (tertiary/aromatic N) is 1. The third kappa shape index (κ3) is 2.59. The topological polar surface area (TPSA) is 42.0 Å². The summed E-state index contributed by atoms with van der Waals surface area (Å²) in [5, 5.41) is 2.61. The van der Waals surface area contributed by atoms with Crippen molar-refractivity contribution in [1.82, 2.24) is 4.98 Å². The summed E-state index contributed by atoms with van der Waals surface area (Å²) >= 11 is 6.91. The second kappa shape index (κ2) is 5.38. The summed E-state index contributed by atoms with van der Waals surface area (Å²) in [5.41, 5.74) is -0.101. The molecule has 7 heteroatoms. The first-order chi connectivity index (χ1) is 10.1. The maximum Gasteiger partial charge on any atom is 0.261 e. The van der Waals surface area contributed by atoms with Crippen LogP contribution in [0.2, 0.25) is 5.02 Å². The van der Waals surface area contributed by atoms with E-state index in [0.29, 0.717) is 4.70 Å². The molecular formula is C14H7ClF2N2OS. The predicted octanol–water partition coefficient (Wildman–Crippen LogP) is 4.48. The van der Waals surface area contributed by atoms with Gasteiger partial charge in [0.15, 0.2) is 5.13 Å². The lowest BCUT2D eigenvalue weighted by Gasteiger charge is -2.04. The first-order valence-corrected chi connectivity index (χ1v) is 7.06. The van der Waals surface area contributed by atoms with E-state index in [1.54, 1.807) is 12.1 Å². The van der Waals surface area contributed by atoms with Crippen LogP contribution in [0, 0.1) is 11.6 Å². The lowest BCUT2D eigenvalue weighted by Crippen LogP contribution is -2.14. The lowest BCUT2D eigenvalue weighted by atomic mass is 10.2. The van der Waals surface area contributed by atoms with Crippen molar-refractivity contribution in [1.29, 1.82) is 0 Å². The van der Waals surface area contributed by atoms with Crippen molar-refractivity contribution in [3.63, 3.8) is 0 Å². The summed E-state index contributed by atoms with van der Waals surface area (Å²) in [6.07, 6.45) is 0. The van der Waals surface area contributed by atoms with Gasteiger partial charge in [-0.1, -0.05) is 35.1 Å². The largest absolute Gasteiger partial charge is 0.298 e. The third-order valence-corrected chi connectivity index (χ3v) is 4.03. The molecule has 0 saturated carbocycles. The van der Waals surface area contributed by atoms with E-state index in [2.05, 4.69) is 10.3 Å². The minimum atomic E-state index is -0.729. The molecule has 3 nitrogen and oxygen atoms in total. The van der Waals surface area contributed by atoms with Gasteiger partial charge >= 0.3 is 0 Å². The summed E-state index contributed by atoms with van der Waals surface area (Å²) in [7, 11) is 0. The molecule has 3 aromatic rings. The minimum Gasteiger partial charge on any atom is -0.298 e. The van der Waals surface area contributed by atoms with Crippen molar-refractivity contribution >= 4 is 44.2 Å². The van der Waals surface area contributed by atoms with E-state index in [4.69, 9.17) is 11.6 Å². The first-order valence-electron chi connectivity index (χ1n) is 5.86. The molecule has 0 radical (unpaired) electrons. The van der Waals surface area contributed by atoms with Crippen LogP contribution in [0.3, 0.4) is 0 Å². The number of rotatable bonds is 2. The second-order valence-corrected chi connectivity index (χ2v) is 5.59. The smallest absolute Gasteiger partial charge is 0.261 e. The van der Waals surface area contributed by atoms with Crippen LogP contribution in [-0.2, 0) is 0 Å². The Morgan fingerprint density at radius 3 is 2.57 bits per heavy atom. The van der Waals surface area contributed by atoms with Gasteiger partial charge in [-0.25, -0.2) is 13.8 Å². The highest BCUT2D eigenvalue weighted by atomic mass is 35.5. The maximum absolute atomic E-state index is 13.6. The monoisotopic (exact) mass is 324 g/mol. The highest BCUT2D eigenvalue weighted by Crippen LogP contribution is 2.28. The molecule has 106 valence electrons. The molecule has 0 aliphatic carbocycles. The van der Waals surface area contributed by atoms with Crippen molar-refractivity contribution in [2.75, 3.05) is 5.32 Å². The van der Waals surface area contributed by atoms with E-state index in [1.165, 1.54) is 18.2 Å². The number of benzene rings is 2. The molecule has 0 atom stereocenters. The SMILES string of the molecule is O=C(Nc1nc2c(F)cccc2s1)c1c(F)cccc1Cl. The Balaban J connectivity index is 1.95. The van der Waals surface area contributed by atoms with Gasteiger partial charge in [0, 0.05) is 0 Å². The maximum atomic E-state index is 13.6. The molecule has 0 unspecified atom stereocenters. The highest BCUT2D eigenvalue weighted by molar-refractivity contribution is 7.22. The van der Waals surface area contributed by atoms with Crippen LogP contribution < -0.4 is 5.32 Å². The van der Waals surface area contributed by atoms with Crippen LogP contribution >= 0.6 is 22.9 Å². The summed E-state index contributed by atoms with van der Waals surface area (Å²) in [6.45, 7) is 0. The molecule has 0 aliphatic rings. The number of fused-ring (bicyclic) bond motifs is 1. The van der Waals surface area contributed by atoms with Gasteiger partial charge in [0.05, 0.1) is 15.3 Å². The number of hydrogen-bond acceptors (Lipinski definition) is 3. The van der Waals surface area contributed by atoms with E-state index in [0.717, 1.165) is 17.4 Å². The van der Waals surface area contributed by atoms with Gasteiger partial charge in [-0.15, -0.1) is 0 Å². The molecule has 3 rings (SSSR count). The number of anilines is 1. The van der Waals surface area contributed by atoms with Crippen molar-refractivity contribution in [2.45, 2.75) is 0 Å². The number of hydrogen-bond donors (Lipinski definition) is 1. The number of halogens is 3. The third-order valence-electron chi connectivity index (χ3n) is 2.78. The molecule has 0 bridgehead atoms. The summed E-state index contributed by atoms with van der Waals surface area (Å²) < 4.78 is 27.8. The number of carbonyl (C=O) groups is 1. The number of carbonyl (C=O) groups excluding carboxylic acids is 1. The van der Waals surface area contributed by atoms with E-state index >= 15 is 0 Å². The van der Waals surface area contributed by atoms with Gasteiger partial charge in [-0.2, -0.15) is 0 Å². The number of thiazole rings is 1. The van der Waals surface area contributed by atoms with E-state index in [-0.39, 0.29) is 21.2 Å². The lowest BCUT2D eigenvalue weighted by molar-refractivity contribution is 0.102. The minimum absolute atomic E-state index is 0.000193. The zero-order valence-electron chi connectivity index (χ0n) is 10.4. The van der Waals surface area contributed by atoms with Crippen LogP contribution in [0.15, 0.2) is 36.4 Å². The predicted molar refractivity (Wildman–Crippen MR) is 78.9 cm³/mol. The molecule has 0 saturated heterocycles. The Morgan fingerprint density at radius 2 is 1.86 bits per heavy atom. The summed E-state index contributed by atoms with van der Waals surface area (Å²) in [6, 6.07) is 8.47. The fourth-order valence-electron chi connectivity index (χ4n) is 1.84. The van der Waals surface area contributed by atoms with Gasteiger partial charge in [0.2, 0.25) is 0 Å². The average Bonchev–Trinajstić information content (AvgIpc) is 2.82. The second-order valence-electron chi connectivity index (χ2n) is 4.16. The molecule has 0 spiro atoms. The molecule has 1 amide bonds. The molecule has 2 aromatic carbocycles. The van der Waals surface area contributed by atoms with Crippen molar-refractivity contribution < 1.29 is 13.6 Å². The van der Waals surface area contributed by atoms with E-state index in [1.807, 2.05) is 0 Å². The Morgan fingerprint density at radius 1 is 1.14 bits per heavy atom. The molecule has 1 N–H and O–H groups in total. The molecular weight excluding hydrogens is 318 g/mol. The van der Waals surface area contributed by atoms with Crippen molar-refractivity contribution in [3.8, 4) is 0 Å². The molecule has 1 aromatic heterocycles. The van der Waals surface area contributed by atoms with Crippen LogP contribution in [-0.4, -0.2) is 10.9 Å². The fraction of sp³-hybridized carbons (Fsp3) is 0. The summed E-state index contributed by atoms with van der Waals surface area (Å²) in [4.78, 5) is 16.0. The Kier molecular flexibility index (Phi) is 3.57. The molecule has 21 heavy (non-hydrogen) atoms. The Hall–Kier alpha value is -2.05. The molecule has 0 fully saturated rings. The zero-order chi connectivity index (χ0) is 15.0. The molecule has 0 aliphatic heterocycles. The number of para-hydroxylation sites is 1.